The fourth-order valence-corrected chi connectivity index (χ4v) is 6.13. The minimum Gasteiger partial charge on any atom is -0.321 e. The van der Waals surface area contributed by atoms with Gasteiger partial charge in [0.25, 0.3) is 11.8 Å². The van der Waals surface area contributed by atoms with Crippen LogP contribution in [0.2, 0.25) is 5.02 Å². The lowest BCUT2D eigenvalue weighted by Gasteiger charge is -2.12. The number of nitrogens with one attached hydrogen (secondary N) is 3. The van der Waals surface area contributed by atoms with Crippen molar-refractivity contribution in [3.8, 4) is 11.3 Å². The zero-order valence-electron chi connectivity index (χ0n) is 22.9. The van der Waals surface area contributed by atoms with Crippen LogP contribution in [-0.2, 0) is 9.59 Å². The van der Waals surface area contributed by atoms with Crippen LogP contribution in [0.3, 0.4) is 0 Å². The number of thiazole rings is 1. The number of anilines is 2. The van der Waals surface area contributed by atoms with Gasteiger partial charge in [-0.3, -0.25) is 14.4 Å². The van der Waals surface area contributed by atoms with Gasteiger partial charge in [-0.2, -0.15) is 0 Å². The Bertz CT molecular complexity index is 1850. The molecular formula is C33H24BrClN4O3S2. The third kappa shape index (κ3) is 8.67. The first-order chi connectivity index (χ1) is 21.3. The van der Waals surface area contributed by atoms with Gasteiger partial charge in [0.15, 0.2) is 5.13 Å². The summed E-state index contributed by atoms with van der Waals surface area (Å²) in [6.45, 7) is 0. The average Bonchev–Trinajstić information content (AvgIpc) is 3.48. The van der Waals surface area contributed by atoms with Crippen molar-refractivity contribution < 1.29 is 14.4 Å². The first-order valence-corrected chi connectivity index (χ1v) is 16.3. The lowest BCUT2D eigenvalue weighted by atomic mass is 10.1. The van der Waals surface area contributed by atoms with Crippen LogP contribution in [0.25, 0.3) is 17.3 Å². The predicted octanol–water partition coefficient (Wildman–Crippen LogP) is 8.37. The van der Waals surface area contributed by atoms with E-state index < -0.39 is 11.8 Å². The molecule has 44 heavy (non-hydrogen) atoms. The molecule has 0 spiro atoms. The summed E-state index contributed by atoms with van der Waals surface area (Å²) in [5.74, 6) is -0.976. The maximum absolute atomic E-state index is 13.4. The van der Waals surface area contributed by atoms with Gasteiger partial charge in [0.05, 0.1) is 11.4 Å². The number of hydrogen-bond donors (Lipinski definition) is 3. The molecule has 0 radical (unpaired) electrons. The minimum absolute atomic E-state index is 0.0778. The van der Waals surface area contributed by atoms with E-state index >= 15 is 0 Å². The molecule has 0 saturated carbocycles. The van der Waals surface area contributed by atoms with Crippen LogP contribution in [-0.4, -0.2) is 28.5 Å². The van der Waals surface area contributed by atoms with Crippen LogP contribution in [0.4, 0.5) is 10.8 Å². The Morgan fingerprint density at radius 1 is 0.886 bits per heavy atom. The number of thioether (sulfide) groups is 1. The Morgan fingerprint density at radius 2 is 1.66 bits per heavy atom. The summed E-state index contributed by atoms with van der Waals surface area (Å²) in [5, 5.41) is 11.3. The third-order valence-corrected chi connectivity index (χ3v) is 8.63. The van der Waals surface area contributed by atoms with Gasteiger partial charge in [-0.1, -0.05) is 82.1 Å². The number of benzene rings is 4. The maximum atomic E-state index is 13.4. The molecule has 0 aliphatic rings. The molecule has 5 aromatic rings. The van der Waals surface area contributed by atoms with Crippen molar-refractivity contribution in [3.63, 3.8) is 0 Å². The molecular weight excluding hydrogens is 680 g/mol. The molecule has 3 amide bonds. The molecule has 5 rings (SSSR count). The van der Waals surface area contributed by atoms with Gasteiger partial charge < -0.3 is 16.0 Å². The summed E-state index contributed by atoms with van der Waals surface area (Å²) in [7, 11) is 0. The molecule has 0 fully saturated rings. The van der Waals surface area contributed by atoms with E-state index in [9.17, 15) is 14.4 Å². The first kappa shape index (κ1) is 31.2. The van der Waals surface area contributed by atoms with Crippen molar-refractivity contribution in [3.05, 3.63) is 135 Å². The highest BCUT2D eigenvalue weighted by molar-refractivity contribution is 9.10. The Labute approximate surface area is 275 Å². The summed E-state index contributed by atoms with van der Waals surface area (Å²) < 4.78 is 0.838. The maximum Gasteiger partial charge on any atom is 0.272 e. The van der Waals surface area contributed by atoms with Gasteiger partial charge in [0, 0.05) is 36.6 Å². The fourth-order valence-electron chi connectivity index (χ4n) is 4.00. The normalized spacial score (nSPS) is 11.1. The Morgan fingerprint density at radius 3 is 2.45 bits per heavy atom. The average molecular weight is 704 g/mol. The lowest BCUT2D eigenvalue weighted by Crippen LogP contribution is -2.30. The topological polar surface area (TPSA) is 100 Å². The summed E-state index contributed by atoms with van der Waals surface area (Å²) in [4.78, 5) is 44.2. The zero-order chi connectivity index (χ0) is 30.9. The van der Waals surface area contributed by atoms with Crippen molar-refractivity contribution in [1.29, 1.82) is 0 Å². The van der Waals surface area contributed by atoms with E-state index in [0.717, 1.165) is 20.5 Å². The van der Waals surface area contributed by atoms with Gasteiger partial charge in [-0.15, -0.1) is 23.1 Å². The van der Waals surface area contributed by atoms with Crippen LogP contribution >= 0.6 is 50.6 Å². The number of carbonyl (C=O) groups excluding carboxylic acids is 3. The summed E-state index contributed by atoms with van der Waals surface area (Å²) in [6.07, 6.45) is 1.61. The fraction of sp³-hybridized carbons (Fsp3) is 0.0303. The molecule has 0 saturated heterocycles. The van der Waals surface area contributed by atoms with Crippen molar-refractivity contribution in [1.82, 2.24) is 10.3 Å². The summed E-state index contributed by atoms with van der Waals surface area (Å²) in [5.41, 5.74) is 3.24. The molecule has 220 valence electrons. The first-order valence-electron chi connectivity index (χ1n) is 13.2. The lowest BCUT2D eigenvalue weighted by molar-refractivity contribution is -0.114. The molecule has 4 aromatic carbocycles. The van der Waals surface area contributed by atoms with Crippen LogP contribution in [0.1, 0.15) is 15.9 Å². The predicted molar refractivity (Wildman–Crippen MR) is 183 cm³/mol. The SMILES string of the molecule is O=C(CSc1cccc(NC(=O)/C(=C\c2cccc(Br)c2)NC(=O)c2ccccc2)c1)Nc1nc(-c2ccccc2Cl)cs1. The van der Waals surface area contributed by atoms with Gasteiger partial charge in [0.2, 0.25) is 5.91 Å². The van der Waals surface area contributed by atoms with Gasteiger partial charge in [-0.05, 0) is 60.2 Å². The largest absolute Gasteiger partial charge is 0.321 e. The molecule has 0 aliphatic heterocycles. The molecule has 3 N–H and O–H groups in total. The Balaban J connectivity index is 1.23. The quantitative estimate of drug-likeness (QED) is 0.100. The number of halogens is 2. The van der Waals surface area contributed by atoms with Gasteiger partial charge in [0.1, 0.15) is 5.70 Å². The number of amides is 3. The molecule has 1 aromatic heterocycles. The van der Waals surface area contributed by atoms with E-state index in [4.69, 9.17) is 11.6 Å². The third-order valence-electron chi connectivity index (χ3n) is 6.05. The zero-order valence-corrected chi connectivity index (χ0v) is 26.9. The number of carbonyl (C=O) groups is 3. The van der Waals surface area contributed by atoms with E-state index in [1.165, 1.54) is 23.1 Å². The molecule has 7 nitrogen and oxygen atoms in total. The van der Waals surface area contributed by atoms with Crippen LogP contribution in [0.15, 0.2) is 124 Å². The van der Waals surface area contributed by atoms with E-state index in [-0.39, 0.29) is 17.4 Å². The van der Waals surface area contributed by atoms with E-state index in [1.807, 2.05) is 60.0 Å². The van der Waals surface area contributed by atoms with Crippen molar-refractivity contribution in [2.45, 2.75) is 4.90 Å². The highest BCUT2D eigenvalue weighted by Crippen LogP contribution is 2.30. The Kier molecular flexibility index (Phi) is 10.6. The van der Waals surface area contributed by atoms with Crippen molar-refractivity contribution in [2.24, 2.45) is 0 Å². The van der Waals surface area contributed by atoms with Crippen molar-refractivity contribution >= 4 is 85.2 Å². The van der Waals surface area contributed by atoms with E-state index in [1.54, 1.807) is 54.6 Å². The monoisotopic (exact) mass is 702 g/mol. The van der Waals surface area contributed by atoms with Crippen LogP contribution in [0.5, 0.6) is 0 Å². The smallest absolute Gasteiger partial charge is 0.272 e. The van der Waals surface area contributed by atoms with E-state index in [2.05, 4.69) is 36.9 Å². The summed E-state index contributed by atoms with van der Waals surface area (Å²) in [6, 6.07) is 30.6. The standard InChI is InChI=1S/C33H24BrClN4O3S2/c34-23-11-6-8-21(16-23)17-28(37-31(41)22-9-2-1-3-10-22)32(42)36-24-12-7-13-25(18-24)43-20-30(40)39-33-38-29(19-44-33)26-14-4-5-15-27(26)35/h1-19H,20H2,(H,36,42)(H,37,41)(H,38,39,40)/b28-17+. The van der Waals surface area contributed by atoms with E-state index in [0.29, 0.717) is 27.1 Å². The minimum atomic E-state index is -0.493. The molecule has 1 heterocycles. The molecule has 0 bridgehead atoms. The number of nitrogens with zero attached hydrogens (tertiary/aromatic N) is 1. The van der Waals surface area contributed by atoms with Crippen molar-refractivity contribution in [2.75, 3.05) is 16.4 Å². The Hall–Kier alpha value is -4.22. The molecule has 0 atom stereocenters. The second kappa shape index (κ2) is 15.0. The molecule has 11 heteroatoms. The number of rotatable bonds is 10. The second-order valence-corrected chi connectivity index (χ2v) is 12.5. The highest BCUT2D eigenvalue weighted by Gasteiger charge is 2.16. The van der Waals surface area contributed by atoms with Gasteiger partial charge in [-0.25, -0.2) is 4.98 Å². The van der Waals surface area contributed by atoms with Crippen LogP contribution < -0.4 is 16.0 Å². The number of hydrogen-bond acceptors (Lipinski definition) is 6. The molecule has 0 aliphatic carbocycles. The summed E-state index contributed by atoms with van der Waals surface area (Å²) >= 11 is 12.3. The number of aromatic nitrogens is 1. The van der Waals surface area contributed by atoms with Crippen LogP contribution in [0, 0.1) is 0 Å². The second-order valence-electron chi connectivity index (χ2n) is 9.27. The highest BCUT2D eigenvalue weighted by atomic mass is 79.9. The van der Waals surface area contributed by atoms with Gasteiger partial charge >= 0.3 is 0 Å². The molecule has 0 unspecified atom stereocenters.